The molecule has 14 heavy (non-hydrogen) atoms. The first-order valence-electron chi connectivity index (χ1n) is 4.14. The van der Waals surface area contributed by atoms with Crippen molar-refractivity contribution in [1.82, 2.24) is 4.98 Å². The molecular weight excluding hydrogens is 182 g/mol. The summed E-state index contributed by atoms with van der Waals surface area (Å²) in [5.74, 6) is 1.17. The number of nitrogens with zero attached hydrogens (tertiary/aromatic N) is 1. The Bertz CT molecular complexity index is 398. The molecule has 1 aromatic heterocycles. The standard InChI is InChI=1S/C10H9NO3/c12-9-3-1-2-4-10(9)13-6-8-5-11-7-14-8/h1-5,7,12H,6H2. The van der Waals surface area contributed by atoms with Crippen LogP contribution < -0.4 is 4.74 Å². The minimum absolute atomic E-state index is 0.118. The predicted molar refractivity (Wildman–Crippen MR) is 48.9 cm³/mol. The Labute approximate surface area is 80.8 Å². The Morgan fingerprint density at radius 2 is 2.21 bits per heavy atom. The SMILES string of the molecule is Oc1ccccc1OCc1cnco1. The van der Waals surface area contributed by atoms with Gasteiger partial charge >= 0.3 is 0 Å². The molecule has 0 saturated heterocycles. The number of phenolic OH excluding ortho intramolecular Hbond substituents is 1. The highest BCUT2D eigenvalue weighted by molar-refractivity contribution is 5.37. The van der Waals surface area contributed by atoms with Crippen LogP contribution in [0, 0.1) is 0 Å². The van der Waals surface area contributed by atoms with Gasteiger partial charge in [0.25, 0.3) is 0 Å². The largest absolute Gasteiger partial charge is 0.504 e. The van der Waals surface area contributed by atoms with Crippen molar-refractivity contribution in [3.05, 3.63) is 42.6 Å². The quantitative estimate of drug-likeness (QED) is 0.805. The molecule has 0 spiro atoms. The van der Waals surface area contributed by atoms with E-state index in [1.54, 1.807) is 30.5 Å². The van der Waals surface area contributed by atoms with Gasteiger partial charge in [-0.15, -0.1) is 0 Å². The van der Waals surface area contributed by atoms with E-state index in [-0.39, 0.29) is 12.4 Å². The molecule has 0 unspecified atom stereocenters. The number of hydrogen-bond acceptors (Lipinski definition) is 4. The van der Waals surface area contributed by atoms with Gasteiger partial charge in [0.15, 0.2) is 23.7 Å². The van der Waals surface area contributed by atoms with E-state index < -0.39 is 0 Å². The summed E-state index contributed by atoms with van der Waals surface area (Å²) in [6, 6.07) is 6.77. The zero-order valence-electron chi connectivity index (χ0n) is 7.38. The first kappa shape index (κ1) is 8.62. The lowest BCUT2D eigenvalue weighted by molar-refractivity contribution is 0.258. The van der Waals surface area contributed by atoms with Gasteiger partial charge in [0, 0.05) is 0 Å². The van der Waals surface area contributed by atoms with Crippen molar-refractivity contribution in [2.24, 2.45) is 0 Å². The fourth-order valence-corrected chi connectivity index (χ4v) is 1.04. The van der Waals surface area contributed by atoms with Crippen molar-refractivity contribution < 1.29 is 14.3 Å². The molecule has 0 aliphatic heterocycles. The summed E-state index contributed by atoms with van der Waals surface area (Å²) in [5, 5.41) is 9.37. The smallest absolute Gasteiger partial charge is 0.181 e. The average Bonchev–Trinajstić information content (AvgIpc) is 2.69. The van der Waals surface area contributed by atoms with Gasteiger partial charge in [-0.2, -0.15) is 0 Å². The molecule has 0 aliphatic rings. The number of oxazole rings is 1. The van der Waals surface area contributed by atoms with E-state index in [4.69, 9.17) is 9.15 Å². The lowest BCUT2D eigenvalue weighted by Gasteiger charge is -2.04. The van der Waals surface area contributed by atoms with Crippen LogP contribution in [0.2, 0.25) is 0 Å². The lowest BCUT2D eigenvalue weighted by Crippen LogP contribution is -1.93. The molecule has 0 fully saturated rings. The van der Waals surface area contributed by atoms with Crippen molar-refractivity contribution in [2.45, 2.75) is 6.61 Å². The summed E-state index contributed by atoms with van der Waals surface area (Å²) in [4.78, 5) is 3.75. The molecule has 2 aromatic rings. The van der Waals surface area contributed by atoms with Crippen molar-refractivity contribution in [2.75, 3.05) is 0 Å². The first-order chi connectivity index (χ1) is 6.86. The van der Waals surface area contributed by atoms with E-state index >= 15 is 0 Å². The fourth-order valence-electron chi connectivity index (χ4n) is 1.04. The zero-order valence-corrected chi connectivity index (χ0v) is 7.38. The summed E-state index contributed by atoms with van der Waals surface area (Å²) >= 11 is 0. The second-order valence-corrected chi connectivity index (χ2v) is 2.72. The van der Waals surface area contributed by atoms with Crippen LogP contribution in [0.4, 0.5) is 0 Å². The molecule has 0 radical (unpaired) electrons. The second kappa shape index (κ2) is 3.83. The minimum Gasteiger partial charge on any atom is -0.504 e. The van der Waals surface area contributed by atoms with Crippen LogP contribution in [0.25, 0.3) is 0 Å². The molecule has 0 saturated carbocycles. The number of phenols is 1. The van der Waals surface area contributed by atoms with Gasteiger partial charge in [-0.05, 0) is 12.1 Å². The van der Waals surface area contributed by atoms with Gasteiger partial charge in [0.1, 0.15) is 6.61 Å². The number of ether oxygens (including phenoxy) is 1. The van der Waals surface area contributed by atoms with Crippen LogP contribution in [-0.4, -0.2) is 10.1 Å². The van der Waals surface area contributed by atoms with Crippen molar-refractivity contribution in [1.29, 1.82) is 0 Å². The highest BCUT2D eigenvalue weighted by atomic mass is 16.5. The summed E-state index contributed by atoms with van der Waals surface area (Å²) < 4.78 is 10.3. The highest BCUT2D eigenvalue weighted by Gasteiger charge is 2.02. The molecule has 1 N–H and O–H groups in total. The molecule has 1 heterocycles. The minimum atomic E-state index is 0.118. The maximum atomic E-state index is 9.37. The van der Waals surface area contributed by atoms with Crippen LogP contribution in [0.3, 0.4) is 0 Å². The number of para-hydroxylation sites is 2. The third-order valence-electron chi connectivity index (χ3n) is 1.72. The van der Waals surface area contributed by atoms with Gasteiger partial charge in [-0.3, -0.25) is 0 Å². The summed E-state index contributed by atoms with van der Waals surface area (Å²) in [7, 11) is 0. The number of benzene rings is 1. The van der Waals surface area contributed by atoms with Crippen LogP contribution in [0.5, 0.6) is 11.5 Å². The topological polar surface area (TPSA) is 55.5 Å². The Kier molecular flexibility index (Phi) is 2.36. The maximum absolute atomic E-state index is 9.37. The maximum Gasteiger partial charge on any atom is 0.181 e. The van der Waals surface area contributed by atoms with E-state index in [2.05, 4.69) is 4.98 Å². The van der Waals surface area contributed by atoms with E-state index in [1.165, 1.54) is 6.39 Å². The molecular formula is C10H9NO3. The Morgan fingerprint density at radius 1 is 1.36 bits per heavy atom. The number of hydrogen-bond donors (Lipinski definition) is 1. The van der Waals surface area contributed by atoms with Gasteiger partial charge in [0.05, 0.1) is 6.20 Å². The number of aromatic hydroxyl groups is 1. The fraction of sp³-hybridized carbons (Fsp3) is 0.100. The molecule has 0 amide bonds. The van der Waals surface area contributed by atoms with Crippen molar-refractivity contribution in [3.8, 4) is 11.5 Å². The number of rotatable bonds is 3. The summed E-state index contributed by atoms with van der Waals surface area (Å²) in [6.45, 7) is 0.261. The Hall–Kier alpha value is -1.97. The third kappa shape index (κ3) is 1.85. The average molecular weight is 191 g/mol. The lowest BCUT2D eigenvalue weighted by atomic mass is 10.3. The zero-order chi connectivity index (χ0) is 9.80. The summed E-state index contributed by atoms with van der Waals surface area (Å²) in [6.07, 6.45) is 2.91. The summed E-state index contributed by atoms with van der Waals surface area (Å²) in [5.41, 5.74) is 0. The number of aromatic nitrogens is 1. The van der Waals surface area contributed by atoms with Crippen LogP contribution >= 0.6 is 0 Å². The monoisotopic (exact) mass is 191 g/mol. The van der Waals surface area contributed by atoms with E-state index in [0.29, 0.717) is 11.5 Å². The molecule has 0 aliphatic carbocycles. The molecule has 0 atom stereocenters. The van der Waals surface area contributed by atoms with Crippen molar-refractivity contribution in [3.63, 3.8) is 0 Å². The molecule has 0 bridgehead atoms. The van der Waals surface area contributed by atoms with E-state index in [0.717, 1.165) is 0 Å². The third-order valence-corrected chi connectivity index (χ3v) is 1.72. The van der Waals surface area contributed by atoms with Gasteiger partial charge < -0.3 is 14.3 Å². The molecule has 72 valence electrons. The molecule has 4 heteroatoms. The Morgan fingerprint density at radius 3 is 2.93 bits per heavy atom. The first-order valence-corrected chi connectivity index (χ1v) is 4.14. The van der Waals surface area contributed by atoms with Gasteiger partial charge in [0.2, 0.25) is 0 Å². The highest BCUT2D eigenvalue weighted by Crippen LogP contribution is 2.25. The molecule has 4 nitrogen and oxygen atoms in total. The van der Waals surface area contributed by atoms with Gasteiger partial charge in [-0.1, -0.05) is 12.1 Å². The van der Waals surface area contributed by atoms with Gasteiger partial charge in [-0.25, -0.2) is 4.98 Å². The van der Waals surface area contributed by atoms with E-state index in [1.807, 2.05) is 0 Å². The normalized spacial score (nSPS) is 10.0. The molecule has 2 rings (SSSR count). The predicted octanol–water partition coefficient (Wildman–Crippen LogP) is 1.96. The van der Waals surface area contributed by atoms with Crippen LogP contribution in [0.15, 0.2) is 41.3 Å². The molecule has 1 aromatic carbocycles. The Balaban J connectivity index is 2.02. The second-order valence-electron chi connectivity index (χ2n) is 2.72. The van der Waals surface area contributed by atoms with Crippen molar-refractivity contribution >= 4 is 0 Å². The van der Waals surface area contributed by atoms with E-state index in [9.17, 15) is 5.11 Å². The van der Waals surface area contributed by atoms with Crippen LogP contribution in [0.1, 0.15) is 5.76 Å². The van der Waals surface area contributed by atoms with Crippen LogP contribution in [-0.2, 0) is 6.61 Å².